The highest BCUT2D eigenvalue weighted by Gasteiger charge is 2.43. The summed E-state index contributed by atoms with van der Waals surface area (Å²) in [5.74, 6) is 0.168. The van der Waals surface area contributed by atoms with E-state index in [-0.39, 0.29) is 12.6 Å². The maximum absolute atomic E-state index is 11.3. The maximum Gasteiger partial charge on any atom is 0.332 e. The van der Waals surface area contributed by atoms with Crippen molar-refractivity contribution >= 4 is 5.97 Å². The Hall–Kier alpha value is -0.650. The third kappa shape index (κ3) is 4.26. The zero-order valence-electron chi connectivity index (χ0n) is 10.2. The molecule has 3 unspecified atom stereocenters. The molecule has 1 aliphatic carbocycles. The van der Waals surface area contributed by atoms with Crippen molar-refractivity contribution in [3.63, 3.8) is 0 Å². The van der Waals surface area contributed by atoms with E-state index in [9.17, 15) is 4.79 Å². The summed E-state index contributed by atoms with van der Waals surface area (Å²) >= 11 is 0. The Labute approximate surface area is 101 Å². The molecule has 17 heavy (non-hydrogen) atoms. The van der Waals surface area contributed by atoms with Gasteiger partial charge in [0.15, 0.2) is 0 Å². The van der Waals surface area contributed by atoms with Crippen LogP contribution in [0.3, 0.4) is 0 Å². The molecule has 1 saturated heterocycles. The monoisotopic (exact) mass is 244 g/mol. The van der Waals surface area contributed by atoms with Crippen LogP contribution < -0.4 is 0 Å². The first-order valence-electron chi connectivity index (χ1n) is 6.17. The summed E-state index contributed by atoms with van der Waals surface area (Å²) in [7, 11) is 1.60. The molecule has 1 aliphatic heterocycles. The molecule has 5 nitrogen and oxygen atoms in total. The molecule has 0 aromatic carbocycles. The summed E-state index contributed by atoms with van der Waals surface area (Å²) in [6, 6.07) is 0. The summed E-state index contributed by atoms with van der Waals surface area (Å²) in [4.78, 5) is 11.3. The van der Waals surface area contributed by atoms with E-state index < -0.39 is 0 Å². The normalized spacial score (nSPS) is 30.8. The third-order valence-corrected chi connectivity index (χ3v) is 3.24. The minimum Gasteiger partial charge on any atom is -0.464 e. The fourth-order valence-electron chi connectivity index (χ4n) is 2.19. The molecule has 1 saturated carbocycles. The van der Waals surface area contributed by atoms with Gasteiger partial charge in [-0.25, -0.2) is 4.79 Å². The molecule has 0 spiro atoms. The number of hydrogen-bond acceptors (Lipinski definition) is 5. The van der Waals surface area contributed by atoms with Crippen molar-refractivity contribution in [1.29, 1.82) is 0 Å². The largest absolute Gasteiger partial charge is 0.464 e. The SMILES string of the molecule is COCCOCC(=O)OCC1CCC2OC2C1. The molecule has 0 bridgehead atoms. The molecule has 2 fully saturated rings. The van der Waals surface area contributed by atoms with Crippen LogP contribution in [-0.2, 0) is 23.7 Å². The van der Waals surface area contributed by atoms with Crippen LogP contribution in [0.25, 0.3) is 0 Å². The van der Waals surface area contributed by atoms with E-state index in [1.165, 1.54) is 0 Å². The second-order valence-corrected chi connectivity index (χ2v) is 4.62. The number of epoxide rings is 1. The van der Waals surface area contributed by atoms with Gasteiger partial charge < -0.3 is 18.9 Å². The van der Waals surface area contributed by atoms with Crippen molar-refractivity contribution in [3.05, 3.63) is 0 Å². The van der Waals surface area contributed by atoms with E-state index in [0.717, 1.165) is 19.3 Å². The van der Waals surface area contributed by atoms with Crippen molar-refractivity contribution in [3.8, 4) is 0 Å². The van der Waals surface area contributed by atoms with Crippen LogP contribution in [0.4, 0.5) is 0 Å². The van der Waals surface area contributed by atoms with Crippen LogP contribution in [0.5, 0.6) is 0 Å². The van der Waals surface area contributed by atoms with E-state index in [1.54, 1.807) is 7.11 Å². The molecule has 0 aromatic heterocycles. The first-order valence-corrected chi connectivity index (χ1v) is 6.17. The Morgan fingerprint density at radius 1 is 1.29 bits per heavy atom. The van der Waals surface area contributed by atoms with E-state index in [1.807, 2.05) is 0 Å². The van der Waals surface area contributed by atoms with Gasteiger partial charge in [0.2, 0.25) is 0 Å². The molecule has 2 rings (SSSR count). The molecule has 2 aliphatic rings. The van der Waals surface area contributed by atoms with E-state index in [2.05, 4.69) is 0 Å². The molecule has 98 valence electrons. The zero-order valence-corrected chi connectivity index (χ0v) is 10.2. The minimum absolute atomic E-state index is 0.0125. The van der Waals surface area contributed by atoms with Crippen molar-refractivity contribution < 1.29 is 23.7 Å². The number of ether oxygens (including phenoxy) is 4. The Kier molecular flexibility index (Phi) is 4.76. The highest BCUT2D eigenvalue weighted by atomic mass is 16.6. The lowest BCUT2D eigenvalue weighted by Gasteiger charge is -2.18. The van der Waals surface area contributed by atoms with Crippen LogP contribution in [0.2, 0.25) is 0 Å². The highest BCUT2D eigenvalue weighted by Crippen LogP contribution is 2.39. The van der Waals surface area contributed by atoms with Crippen LogP contribution in [0, 0.1) is 5.92 Å². The lowest BCUT2D eigenvalue weighted by atomic mass is 9.90. The zero-order chi connectivity index (χ0) is 12.1. The Balaban J connectivity index is 1.50. The average molecular weight is 244 g/mol. The molecule has 0 amide bonds. The number of carbonyl (C=O) groups excluding carboxylic acids is 1. The molecule has 5 heteroatoms. The van der Waals surface area contributed by atoms with Crippen LogP contribution in [0.15, 0.2) is 0 Å². The smallest absolute Gasteiger partial charge is 0.332 e. The average Bonchev–Trinajstić information content (AvgIpc) is 3.10. The van der Waals surface area contributed by atoms with Gasteiger partial charge in [0, 0.05) is 7.11 Å². The van der Waals surface area contributed by atoms with Gasteiger partial charge >= 0.3 is 5.97 Å². The predicted octanol–water partition coefficient (Wildman–Crippen LogP) is 0.760. The highest BCUT2D eigenvalue weighted by molar-refractivity contribution is 5.70. The number of carbonyl (C=O) groups is 1. The molecule has 0 aromatic rings. The molecule has 1 heterocycles. The Morgan fingerprint density at radius 2 is 2.18 bits per heavy atom. The first-order chi connectivity index (χ1) is 8.29. The van der Waals surface area contributed by atoms with E-state index in [0.29, 0.717) is 37.9 Å². The fourth-order valence-corrected chi connectivity index (χ4v) is 2.19. The quantitative estimate of drug-likeness (QED) is 0.376. The summed E-state index contributed by atoms with van der Waals surface area (Å²) < 4.78 is 20.5. The minimum atomic E-state index is -0.292. The summed E-state index contributed by atoms with van der Waals surface area (Å²) in [5.41, 5.74) is 0. The maximum atomic E-state index is 11.3. The van der Waals surface area contributed by atoms with Gasteiger partial charge in [0.1, 0.15) is 6.61 Å². The molecule has 0 N–H and O–H groups in total. The lowest BCUT2D eigenvalue weighted by molar-refractivity contribution is -0.151. The number of fused-ring (bicyclic) bond motifs is 1. The van der Waals surface area contributed by atoms with Gasteiger partial charge in [-0.2, -0.15) is 0 Å². The standard InChI is InChI=1S/C12H20O5/c1-14-4-5-15-8-12(13)16-7-9-2-3-10-11(6-9)17-10/h9-11H,2-8H2,1H3. The third-order valence-electron chi connectivity index (χ3n) is 3.24. The van der Waals surface area contributed by atoms with Crippen molar-refractivity contribution in [2.75, 3.05) is 33.5 Å². The van der Waals surface area contributed by atoms with Crippen molar-refractivity contribution in [1.82, 2.24) is 0 Å². The first kappa shape index (κ1) is 12.8. The molecular weight excluding hydrogens is 224 g/mol. The van der Waals surface area contributed by atoms with Gasteiger partial charge in [-0.15, -0.1) is 0 Å². The summed E-state index contributed by atoms with van der Waals surface area (Å²) in [6.45, 7) is 1.43. The van der Waals surface area contributed by atoms with Crippen LogP contribution in [0.1, 0.15) is 19.3 Å². The van der Waals surface area contributed by atoms with Crippen LogP contribution in [-0.4, -0.2) is 51.7 Å². The van der Waals surface area contributed by atoms with Gasteiger partial charge in [0.25, 0.3) is 0 Å². The van der Waals surface area contributed by atoms with Crippen LogP contribution >= 0.6 is 0 Å². The predicted molar refractivity (Wildman–Crippen MR) is 59.7 cm³/mol. The Bertz CT molecular complexity index is 255. The second-order valence-electron chi connectivity index (χ2n) is 4.62. The summed E-state index contributed by atoms with van der Waals surface area (Å²) in [6.07, 6.45) is 4.17. The van der Waals surface area contributed by atoms with Gasteiger partial charge in [-0.1, -0.05) is 0 Å². The van der Waals surface area contributed by atoms with Gasteiger partial charge in [-0.05, 0) is 25.2 Å². The number of methoxy groups -OCH3 is 1. The number of esters is 1. The van der Waals surface area contributed by atoms with Crippen molar-refractivity contribution in [2.24, 2.45) is 5.92 Å². The fraction of sp³-hybridized carbons (Fsp3) is 0.917. The topological polar surface area (TPSA) is 57.3 Å². The number of hydrogen-bond donors (Lipinski definition) is 0. The summed E-state index contributed by atoms with van der Waals surface area (Å²) in [5, 5.41) is 0. The van der Waals surface area contributed by atoms with Gasteiger partial charge in [-0.3, -0.25) is 0 Å². The number of rotatable bonds is 7. The van der Waals surface area contributed by atoms with E-state index >= 15 is 0 Å². The molecule has 0 radical (unpaired) electrons. The molecular formula is C12H20O5. The van der Waals surface area contributed by atoms with Gasteiger partial charge in [0.05, 0.1) is 32.0 Å². The van der Waals surface area contributed by atoms with Crippen molar-refractivity contribution in [2.45, 2.75) is 31.5 Å². The lowest BCUT2D eigenvalue weighted by Crippen LogP contribution is -2.22. The Morgan fingerprint density at radius 3 is 2.94 bits per heavy atom. The second kappa shape index (κ2) is 6.33. The molecule has 3 atom stereocenters. The van der Waals surface area contributed by atoms with E-state index in [4.69, 9.17) is 18.9 Å².